The number of hydrogen-bond donors (Lipinski definition) is 2. The topological polar surface area (TPSA) is 47.3 Å². The van der Waals surface area contributed by atoms with Crippen LogP contribution in [0.15, 0.2) is 24.3 Å². The molecule has 0 radical (unpaired) electrons. The number of methoxy groups -OCH3 is 1. The van der Waals surface area contributed by atoms with Crippen LogP contribution in [0, 0.1) is 0 Å². The molecule has 3 heteroatoms. The Balaban J connectivity index is 2.64. The van der Waals surface area contributed by atoms with Gasteiger partial charge < -0.3 is 15.8 Å². The van der Waals surface area contributed by atoms with E-state index in [0.717, 1.165) is 6.54 Å². The third-order valence-corrected chi connectivity index (χ3v) is 3.30. The van der Waals surface area contributed by atoms with E-state index < -0.39 is 0 Å². The van der Waals surface area contributed by atoms with Gasteiger partial charge >= 0.3 is 0 Å². The molecule has 18 heavy (non-hydrogen) atoms. The third-order valence-electron chi connectivity index (χ3n) is 3.30. The van der Waals surface area contributed by atoms with E-state index in [9.17, 15) is 0 Å². The van der Waals surface area contributed by atoms with Gasteiger partial charge in [-0.3, -0.25) is 0 Å². The quantitative estimate of drug-likeness (QED) is 0.781. The Labute approximate surface area is 111 Å². The van der Waals surface area contributed by atoms with Crippen LogP contribution >= 0.6 is 0 Å². The van der Waals surface area contributed by atoms with Crippen LogP contribution < -0.4 is 11.1 Å². The predicted molar refractivity (Wildman–Crippen MR) is 76.8 cm³/mol. The van der Waals surface area contributed by atoms with Crippen LogP contribution in [0.25, 0.3) is 0 Å². The molecule has 0 saturated heterocycles. The van der Waals surface area contributed by atoms with Crippen LogP contribution in [0.2, 0.25) is 0 Å². The van der Waals surface area contributed by atoms with Gasteiger partial charge in [0.25, 0.3) is 0 Å². The zero-order valence-corrected chi connectivity index (χ0v) is 11.9. The van der Waals surface area contributed by atoms with Crippen molar-refractivity contribution >= 4 is 0 Å². The molecular formula is C15H26N2O. The Morgan fingerprint density at radius 3 is 2.11 bits per heavy atom. The van der Waals surface area contributed by atoms with Crippen molar-refractivity contribution in [3.8, 4) is 0 Å². The molecule has 0 fully saturated rings. The molecule has 0 saturated carbocycles. The first-order chi connectivity index (χ1) is 8.58. The summed E-state index contributed by atoms with van der Waals surface area (Å²) in [5.41, 5.74) is 8.43. The van der Waals surface area contributed by atoms with Gasteiger partial charge in [-0.15, -0.1) is 0 Å². The lowest BCUT2D eigenvalue weighted by molar-refractivity contribution is 0.114. The highest BCUT2D eigenvalue weighted by atomic mass is 16.5. The van der Waals surface area contributed by atoms with E-state index in [-0.39, 0.29) is 12.1 Å². The molecule has 0 aliphatic heterocycles. The second kappa shape index (κ2) is 7.52. The van der Waals surface area contributed by atoms with Crippen molar-refractivity contribution in [2.45, 2.75) is 38.8 Å². The maximum Gasteiger partial charge on any atom is 0.0667 e. The van der Waals surface area contributed by atoms with Crippen LogP contribution in [0.1, 0.15) is 43.9 Å². The Hall–Kier alpha value is -0.900. The summed E-state index contributed by atoms with van der Waals surface area (Å²) in [4.78, 5) is 0. The first kappa shape index (κ1) is 15.2. The molecule has 0 spiro atoms. The van der Waals surface area contributed by atoms with Crippen molar-refractivity contribution in [1.29, 1.82) is 0 Å². The molecule has 1 rings (SSSR count). The van der Waals surface area contributed by atoms with Gasteiger partial charge in [0.1, 0.15) is 0 Å². The van der Waals surface area contributed by atoms with Crippen LogP contribution in [-0.2, 0) is 4.74 Å². The van der Waals surface area contributed by atoms with Crippen molar-refractivity contribution in [2.24, 2.45) is 5.73 Å². The number of hydrogen-bond acceptors (Lipinski definition) is 3. The lowest BCUT2D eigenvalue weighted by atomic mass is 9.99. The van der Waals surface area contributed by atoms with Gasteiger partial charge in [0.15, 0.2) is 0 Å². The van der Waals surface area contributed by atoms with E-state index in [0.29, 0.717) is 12.5 Å². The van der Waals surface area contributed by atoms with E-state index >= 15 is 0 Å². The van der Waals surface area contributed by atoms with Crippen molar-refractivity contribution in [2.75, 3.05) is 20.2 Å². The molecule has 0 aromatic heterocycles. The minimum Gasteiger partial charge on any atom is -0.380 e. The van der Waals surface area contributed by atoms with Gasteiger partial charge in [-0.25, -0.2) is 0 Å². The van der Waals surface area contributed by atoms with Crippen LogP contribution in [0.3, 0.4) is 0 Å². The molecule has 1 aromatic carbocycles. The summed E-state index contributed by atoms with van der Waals surface area (Å²) in [7, 11) is 1.72. The van der Waals surface area contributed by atoms with E-state index in [1.807, 2.05) is 6.92 Å². The van der Waals surface area contributed by atoms with Crippen molar-refractivity contribution in [1.82, 2.24) is 5.32 Å². The van der Waals surface area contributed by atoms with Gasteiger partial charge in [-0.05, 0) is 24.0 Å². The standard InChI is InChI=1S/C15H26N2O/c1-11(2)13-5-7-14(8-6-13)15(9-16)17-10-12(3)18-4/h5-8,11-12,15,17H,9-10,16H2,1-4H3. The summed E-state index contributed by atoms with van der Waals surface area (Å²) in [6, 6.07) is 8.90. The monoisotopic (exact) mass is 250 g/mol. The van der Waals surface area contributed by atoms with Crippen molar-refractivity contribution < 1.29 is 4.74 Å². The smallest absolute Gasteiger partial charge is 0.0667 e. The molecule has 0 heterocycles. The Kier molecular flexibility index (Phi) is 6.33. The van der Waals surface area contributed by atoms with Gasteiger partial charge in [0, 0.05) is 26.2 Å². The molecule has 0 amide bonds. The molecule has 0 aliphatic rings. The van der Waals surface area contributed by atoms with E-state index in [4.69, 9.17) is 10.5 Å². The van der Waals surface area contributed by atoms with Crippen LogP contribution in [0.4, 0.5) is 0 Å². The maximum absolute atomic E-state index is 5.83. The highest BCUT2D eigenvalue weighted by Crippen LogP contribution is 2.18. The molecule has 2 atom stereocenters. The predicted octanol–water partition coefficient (Wildman–Crippen LogP) is 2.43. The van der Waals surface area contributed by atoms with E-state index in [2.05, 4.69) is 43.4 Å². The summed E-state index contributed by atoms with van der Waals surface area (Å²) < 4.78 is 5.23. The molecule has 102 valence electrons. The summed E-state index contributed by atoms with van der Waals surface area (Å²) in [5, 5.41) is 3.44. The second-order valence-corrected chi connectivity index (χ2v) is 5.06. The fourth-order valence-corrected chi connectivity index (χ4v) is 1.84. The highest BCUT2D eigenvalue weighted by Gasteiger charge is 2.10. The number of nitrogens with two attached hydrogens (primary N) is 1. The fourth-order valence-electron chi connectivity index (χ4n) is 1.84. The third kappa shape index (κ3) is 4.41. The largest absolute Gasteiger partial charge is 0.380 e. The molecule has 3 N–H and O–H groups in total. The molecule has 2 unspecified atom stereocenters. The number of nitrogens with one attached hydrogen (secondary N) is 1. The lowest BCUT2D eigenvalue weighted by Crippen LogP contribution is -2.33. The van der Waals surface area contributed by atoms with Crippen molar-refractivity contribution in [3.63, 3.8) is 0 Å². The number of rotatable bonds is 7. The molecule has 0 bridgehead atoms. The molecule has 3 nitrogen and oxygen atoms in total. The van der Waals surface area contributed by atoms with Gasteiger partial charge in [-0.2, -0.15) is 0 Å². The summed E-state index contributed by atoms with van der Waals surface area (Å²) in [5.74, 6) is 0.567. The number of ether oxygens (including phenoxy) is 1. The lowest BCUT2D eigenvalue weighted by Gasteiger charge is -2.20. The molecule has 0 aliphatic carbocycles. The Bertz CT molecular complexity index is 335. The van der Waals surface area contributed by atoms with Gasteiger partial charge in [0.05, 0.1) is 6.10 Å². The van der Waals surface area contributed by atoms with Gasteiger partial charge in [0.2, 0.25) is 0 Å². The highest BCUT2D eigenvalue weighted by molar-refractivity contribution is 5.27. The minimum absolute atomic E-state index is 0.198. The average Bonchev–Trinajstić information content (AvgIpc) is 2.39. The van der Waals surface area contributed by atoms with Crippen LogP contribution in [-0.4, -0.2) is 26.3 Å². The number of benzene rings is 1. The first-order valence-electron chi connectivity index (χ1n) is 6.64. The summed E-state index contributed by atoms with van der Waals surface area (Å²) in [6.07, 6.45) is 0.203. The minimum atomic E-state index is 0.198. The molecule has 1 aromatic rings. The van der Waals surface area contributed by atoms with E-state index in [1.54, 1.807) is 7.11 Å². The zero-order chi connectivity index (χ0) is 13.5. The summed E-state index contributed by atoms with van der Waals surface area (Å²) >= 11 is 0. The summed E-state index contributed by atoms with van der Waals surface area (Å²) in [6.45, 7) is 7.85. The Morgan fingerprint density at radius 2 is 1.67 bits per heavy atom. The van der Waals surface area contributed by atoms with Crippen LogP contribution in [0.5, 0.6) is 0 Å². The Morgan fingerprint density at radius 1 is 1.11 bits per heavy atom. The zero-order valence-electron chi connectivity index (χ0n) is 11.9. The second-order valence-electron chi connectivity index (χ2n) is 5.06. The van der Waals surface area contributed by atoms with E-state index in [1.165, 1.54) is 11.1 Å². The fraction of sp³-hybridized carbons (Fsp3) is 0.600. The van der Waals surface area contributed by atoms with Crippen molar-refractivity contribution in [3.05, 3.63) is 35.4 Å². The average molecular weight is 250 g/mol. The molecular weight excluding hydrogens is 224 g/mol. The maximum atomic E-state index is 5.83. The van der Waals surface area contributed by atoms with Gasteiger partial charge in [-0.1, -0.05) is 38.1 Å². The SMILES string of the molecule is COC(C)CNC(CN)c1ccc(C(C)C)cc1. The first-order valence-corrected chi connectivity index (χ1v) is 6.64. The normalized spacial score (nSPS) is 14.8.